The number of hydrogen-bond acceptors (Lipinski definition) is 1. The fourth-order valence-electron chi connectivity index (χ4n) is 2.83. The summed E-state index contributed by atoms with van der Waals surface area (Å²) in [6.07, 6.45) is 3.79. The van der Waals surface area contributed by atoms with Crippen molar-refractivity contribution in [1.82, 2.24) is 0 Å². The lowest BCUT2D eigenvalue weighted by Crippen LogP contribution is -2.25. The van der Waals surface area contributed by atoms with Gasteiger partial charge in [-0.15, -0.1) is 0 Å². The Morgan fingerprint density at radius 1 is 1.29 bits per heavy atom. The molecular formula is C14H18Cl2O. The summed E-state index contributed by atoms with van der Waals surface area (Å²) >= 11 is 12.2. The van der Waals surface area contributed by atoms with Gasteiger partial charge in [-0.25, -0.2) is 0 Å². The van der Waals surface area contributed by atoms with Gasteiger partial charge in [-0.3, -0.25) is 0 Å². The third-order valence-corrected chi connectivity index (χ3v) is 4.61. The van der Waals surface area contributed by atoms with E-state index in [4.69, 9.17) is 23.2 Å². The maximum absolute atomic E-state index is 10.3. The SMILES string of the molecule is CC1CCCC1C(O)Cc1c(Cl)cccc1Cl. The van der Waals surface area contributed by atoms with Crippen molar-refractivity contribution < 1.29 is 5.11 Å². The van der Waals surface area contributed by atoms with Gasteiger partial charge in [0, 0.05) is 16.5 Å². The Morgan fingerprint density at radius 3 is 2.47 bits per heavy atom. The second kappa shape index (κ2) is 5.60. The molecular weight excluding hydrogens is 255 g/mol. The normalized spacial score (nSPS) is 26.1. The molecule has 0 heterocycles. The molecule has 1 aliphatic carbocycles. The van der Waals surface area contributed by atoms with Crippen LogP contribution in [0.2, 0.25) is 10.0 Å². The van der Waals surface area contributed by atoms with E-state index in [2.05, 4.69) is 6.92 Å². The Bertz CT molecular complexity index is 372. The Kier molecular flexibility index (Phi) is 4.35. The fourth-order valence-corrected chi connectivity index (χ4v) is 3.39. The second-order valence-corrected chi connectivity index (χ2v) is 5.86. The van der Waals surface area contributed by atoms with Crippen molar-refractivity contribution >= 4 is 23.2 Å². The molecule has 1 aromatic rings. The molecule has 1 saturated carbocycles. The smallest absolute Gasteiger partial charge is 0.0612 e. The lowest BCUT2D eigenvalue weighted by molar-refractivity contribution is 0.0902. The average molecular weight is 273 g/mol. The summed E-state index contributed by atoms with van der Waals surface area (Å²) in [5.74, 6) is 0.994. The van der Waals surface area contributed by atoms with Crippen molar-refractivity contribution in [2.24, 2.45) is 11.8 Å². The maximum atomic E-state index is 10.3. The highest BCUT2D eigenvalue weighted by molar-refractivity contribution is 6.35. The Hall–Kier alpha value is -0.240. The minimum absolute atomic E-state index is 0.329. The molecule has 0 aliphatic heterocycles. The summed E-state index contributed by atoms with van der Waals surface area (Å²) in [4.78, 5) is 0. The van der Waals surface area contributed by atoms with Crippen molar-refractivity contribution in [3.8, 4) is 0 Å². The molecule has 0 radical (unpaired) electrons. The number of hydrogen-bond donors (Lipinski definition) is 1. The van der Waals surface area contributed by atoms with Crippen LogP contribution in [-0.4, -0.2) is 11.2 Å². The van der Waals surface area contributed by atoms with E-state index in [0.717, 1.165) is 12.0 Å². The molecule has 1 aliphatic rings. The first kappa shape index (κ1) is 13.2. The van der Waals surface area contributed by atoms with Gasteiger partial charge in [0.05, 0.1) is 6.10 Å². The van der Waals surface area contributed by atoms with Crippen LogP contribution in [0.3, 0.4) is 0 Å². The maximum Gasteiger partial charge on any atom is 0.0612 e. The zero-order valence-corrected chi connectivity index (χ0v) is 11.5. The molecule has 1 aromatic carbocycles. The predicted molar refractivity (Wildman–Crippen MR) is 72.7 cm³/mol. The molecule has 0 spiro atoms. The van der Waals surface area contributed by atoms with Gasteiger partial charge in [-0.05, 0) is 36.0 Å². The quantitative estimate of drug-likeness (QED) is 0.868. The van der Waals surface area contributed by atoms with E-state index in [1.165, 1.54) is 12.8 Å². The zero-order valence-electron chi connectivity index (χ0n) is 10.00. The molecule has 1 N–H and O–H groups in total. The van der Waals surface area contributed by atoms with Gasteiger partial charge in [0.25, 0.3) is 0 Å². The summed E-state index contributed by atoms with van der Waals surface area (Å²) in [6.45, 7) is 2.22. The largest absolute Gasteiger partial charge is 0.392 e. The van der Waals surface area contributed by atoms with E-state index < -0.39 is 0 Å². The number of aliphatic hydroxyl groups excluding tert-OH is 1. The molecule has 1 fully saturated rings. The molecule has 3 atom stereocenters. The van der Waals surface area contributed by atoms with E-state index >= 15 is 0 Å². The van der Waals surface area contributed by atoms with E-state index in [-0.39, 0.29) is 6.10 Å². The zero-order chi connectivity index (χ0) is 12.4. The minimum atomic E-state index is -0.329. The van der Waals surface area contributed by atoms with Gasteiger partial charge in [0.15, 0.2) is 0 Å². The standard InChI is InChI=1S/C14H18Cl2O/c1-9-4-2-5-10(9)14(17)8-11-12(15)6-3-7-13(11)16/h3,6-7,9-10,14,17H,2,4-5,8H2,1H3. The lowest BCUT2D eigenvalue weighted by atomic mass is 9.88. The van der Waals surface area contributed by atoms with Crippen LogP contribution in [-0.2, 0) is 6.42 Å². The summed E-state index contributed by atoms with van der Waals surface area (Å²) in [5, 5.41) is 11.6. The van der Waals surface area contributed by atoms with Crippen LogP contribution in [0, 0.1) is 11.8 Å². The first-order chi connectivity index (χ1) is 8.09. The van der Waals surface area contributed by atoms with Gasteiger partial charge in [-0.2, -0.15) is 0 Å². The van der Waals surface area contributed by atoms with Crippen LogP contribution in [0.4, 0.5) is 0 Å². The van der Waals surface area contributed by atoms with E-state index in [1.54, 1.807) is 0 Å². The van der Waals surface area contributed by atoms with Crippen LogP contribution in [0.5, 0.6) is 0 Å². The molecule has 0 saturated heterocycles. The molecule has 0 bridgehead atoms. The number of rotatable bonds is 3. The Morgan fingerprint density at radius 2 is 1.94 bits per heavy atom. The highest BCUT2D eigenvalue weighted by atomic mass is 35.5. The van der Waals surface area contributed by atoms with Crippen LogP contribution >= 0.6 is 23.2 Å². The minimum Gasteiger partial charge on any atom is -0.392 e. The van der Waals surface area contributed by atoms with Crippen LogP contribution < -0.4 is 0 Å². The van der Waals surface area contributed by atoms with Gasteiger partial charge in [-0.1, -0.05) is 49.0 Å². The third kappa shape index (κ3) is 2.96. The van der Waals surface area contributed by atoms with Crippen molar-refractivity contribution in [3.63, 3.8) is 0 Å². The van der Waals surface area contributed by atoms with E-state index in [9.17, 15) is 5.11 Å². The molecule has 94 valence electrons. The monoisotopic (exact) mass is 272 g/mol. The first-order valence-corrected chi connectivity index (χ1v) is 6.96. The van der Waals surface area contributed by atoms with Crippen LogP contribution in [0.1, 0.15) is 31.7 Å². The second-order valence-electron chi connectivity index (χ2n) is 5.04. The van der Waals surface area contributed by atoms with Crippen molar-refractivity contribution in [3.05, 3.63) is 33.8 Å². The summed E-state index contributed by atoms with van der Waals surface area (Å²) in [7, 11) is 0. The average Bonchev–Trinajstić information content (AvgIpc) is 2.70. The predicted octanol–water partition coefficient (Wildman–Crippen LogP) is 4.33. The third-order valence-electron chi connectivity index (χ3n) is 3.90. The fraction of sp³-hybridized carbons (Fsp3) is 0.571. The van der Waals surface area contributed by atoms with Gasteiger partial charge < -0.3 is 5.11 Å². The molecule has 3 unspecified atom stereocenters. The van der Waals surface area contributed by atoms with Gasteiger partial charge >= 0.3 is 0 Å². The first-order valence-electron chi connectivity index (χ1n) is 6.20. The van der Waals surface area contributed by atoms with Gasteiger partial charge in [0.2, 0.25) is 0 Å². The lowest BCUT2D eigenvalue weighted by Gasteiger charge is -2.23. The molecule has 17 heavy (non-hydrogen) atoms. The highest BCUT2D eigenvalue weighted by Crippen LogP contribution is 2.36. The number of benzene rings is 1. The van der Waals surface area contributed by atoms with Crippen LogP contribution in [0.25, 0.3) is 0 Å². The van der Waals surface area contributed by atoms with Gasteiger partial charge in [0.1, 0.15) is 0 Å². The summed E-state index contributed by atoms with van der Waals surface area (Å²) in [6, 6.07) is 5.49. The highest BCUT2D eigenvalue weighted by Gasteiger charge is 2.30. The van der Waals surface area contributed by atoms with Crippen molar-refractivity contribution in [2.75, 3.05) is 0 Å². The number of aliphatic hydroxyl groups is 1. The number of halogens is 2. The summed E-state index contributed by atoms with van der Waals surface area (Å²) in [5.41, 5.74) is 0.877. The molecule has 1 nitrogen and oxygen atoms in total. The van der Waals surface area contributed by atoms with Crippen LogP contribution in [0.15, 0.2) is 18.2 Å². The summed E-state index contributed by atoms with van der Waals surface area (Å²) < 4.78 is 0. The topological polar surface area (TPSA) is 20.2 Å². The van der Waals surface area contributed by atoms with E-state index in [0.29, 0.717) is 28.3 Å². The molecule has 0 aromatic heterocycles. The van der Waals surface area contributed by atoms with Crippen molar-refractivity contribution in [1.29, 1.82) is 0 Å². The molecule has 2 rings (SSSR count). The van der Waals surface area contributed by atoms with Crippen molar-refractivity contribution in [2.45, 2.75) is 38.7 Å². The Balaban J connectivity index is 2.10. The Labute approximate surface area is 113 Å². The molecule has 3 heteroatoms. The van der Waals surface area contributed by atoms with E-state index in [1.807, 2.05) is 18.2 Å². The molecule has 0 amide bonds.